The van der Waals surface area contributed by atoms with Crippen molar-refractivity contribution in [3.8, 4) is 17.3 Å². The van der Waals surface area contributed by atoms with Crippen LogP contribution in [0.2, 0.25) is 0 Å². The highest BCUT2D eigenvalue weighted by atomic mass is 19.4. The molecule has 26 heavy (non-hydrogen) atoms. The molecule has 3 aromatic rings. The molecule has 6 nitrogen and oxygen atoms in total. The van der Waals surface area contributed by atoms with Crippen molar-refractivity contribution in [3.05, 3.63) is 54.0 Å². The minimum atomic E-state index is -4.49. The molecule has 0 fully saturated rings. The molecule has 0 aliphatic rings. The van der Waals surface area contributed by atoms with Gasteiger partial charge in [0.15, 0.2) is 17.8 Å². The van der Waals surface area contributed by atoms with Gasteiger partial charge in [-0.1, -0.05) is 18.2 Å². The number of aromatic nitrogens is 4. The molecule has 0 bridgehead atoms. The molecule has 136 valence electrons. The van der Waals surface area contributed by atoms with E-state index in [4.69, 9.17) is 10.5 Å². The Kier molecular flexibility index (Phi) is 4.54. The van der Waals surface area contributed by atoms with Gasteiger partial charge in [0, 0.05) is 30.6 Å². The highest BCUT2D eigenvalue weighted by Gasteiger charge is 2.34. The number of nitrogens with two attached hydrogens (primary N) is 1. The van der Waals surface area contributed by atoms with Gasteiger partial charge in [-0.3, -0.25) is 0 Å². The number of nitrogens with zero attached hydrogens (tertiary/aromatic N) is 4. The molecule has 2 heterocycles. The number of anilines is 1. The predicted octanol–water partition coefficient (Wildman–Crippen LogP) is 3.62. The number of hydrogen-bond acceptors (Lipinski definition) is 5. The lowest BCUT2D eigenvalue weighted by Crippen LogP contribution is -2.12. The first-order valence-corrected chi connectivity index (χ1v) is 7.71. The van der Waals surface area contributed by atoms with Gasteiger partial charge in [0.05, 0.1) is 5.56 Å². The summed E-state index contributed by atoms with van der Waals surface area (Å²) in [4.78, 5) is 4.04. The van der Waals surface area contributed by atoms with E-state index in [1.54, 1.807) is 26.1 Å². The van der Waals surface area contributed by atoms with Crippen LogP contribution < -0.4 is 10.5 Å². The largest absolute Gasteiger partial charge is 0.466 e. The monoisotopic (exact) mass is 363 g/mol. The normalized spacial score (nSPS) is 12.8. The summed E-state index contributed by atoms with van der Waals surface area (Å²) in [6.07, 6.45) is -3.58. The lowest BCUT2D eigenvalue weighted by atomic mass is 10.1. The lowest BCUT2D eigenvalue weighted by molar-refractivity contribution is -0.137. The van der Waals surface area contributed by atoms with Crippen LogP contribution in [0.5, 0.6) is 5.88 Å². The Morgan fingerprint density at radius 2 is 1.88 bits per heavy atom. The fraction of sp³-hybridized carbons (Fsp3) is 0.235. The van der Waals surface area contributed by atoms with Gasteiger partial charge >= 0.3 is 6.18 Å². The fourth-order valence-electron chi connectivity index (χ4n) is 2.58. The van der Waals surface area contributed by atoms with Crippen LogP contribution >= 0.6 is 0 Å². The first kappa shape index (κ1) is 17.7. The quantitative estimate of drug-likeness (QED) is 0.766. The first-order valence-electron chi connectivity index (χ1n) is 7.71. The van der Waals surface area contributed by atoms with Crippen LogP contribution in [0.4, 0.5) is 18.9 Å². The van der Waals surface area contributed by atoms with Gasteiger partial charge < -0.3 is 15.0 Å². The maximum absolute atomic E-state index is 13.3. The molecule has 9 heteroatoms. The number of benzene rings is 1. The average Bonchev–Trinajstić information content (AvgIpc) is 2.95. The first-order chi connectivity index (χ1) is 12.3. The van der Waals surface area contributed by atoms with Crippen LogP contribution in [0, 0.1) is 0 Å². The van der Waals surface area contributed by atoms with E-state index in [-0.39, 0.29) is 17.3 Å². The summed E-state index contributed by atoms with van der Waals surface area (Å²) in [5.74, 6) is 0.753. The second-order valence-corrected chi connectivity index (χ2v) is 5.67. The molecular weight excluding hydrogens is 347 g/mol. The standard InChI is InChI=1S/C17H16F3N5O/c1-10(26-14-9-11(21)7-8-22-14)15-23-24-16(25(15)2)12-5-3-4-6-13(12)17(18,19)20/h3-10H,1-2H3,(H2,21,22)/t10-/m0/s1. The number of ether oxygens (including phenoxy) is 1. The summed E-state index contributed by atoms with van der Waals surface area (Å²) in [7, 11) is 1.59. The van der Waals surface area contributed by atoms with E-state index >= 15 is 0 Å². The zero-order valence-electron chi connectivity index (χ0n) is 14.0. The minimum absolute atomic E-state index is 0.0458. The van der Waals surface area contributed by atoms with E-state index in [0.717, 1.165) is 6.07 Å². The maximum Gasteiger partial charge on any atom is 0.417 e. The molecule has 2 aromatic heterocycles. The van der Waals surface area contributed by atoms with Crippen LogP contribution in [0.1, 0.15) is 24.4 Å². The molecule has 1 aromatic carbocycles. The molecule has 3 rings (SSSR count). The van der Waals surface area contributed by atoms with E-state index in [1.165, 1.54) is 29.0 Å². The van der Waals surface area contributed by atoms with Gasteiger partial charge in [-0.2, -0.15) is 13.2 Å². The number of hydrogen-bond donors (Lipinski definition) is 1. The molecule has 0 aliphatic carbocycles. The Labute approximate surface area is 147 Å². The van der Waals surface area contributed by atoms with Crippen LogP contribution in [0.3, 0.4) is 0 Å². The highest BCUT2D eigenvalue weighted by molar-refractivity contribution is 5.61. The highest BCUT2D eigenvalue weighted by Crippen LogP contribution is 2.36. The number of nitrogen functional groups attached to an aromatic ring is 1. The molecule has 0 spiro atoms. The molecule has 0 radical (unpaired) electrons. The Morgan fingerprint density at radius 3 is 2.58 bits per heavy atom. The molecule has 0 amide bonds. The van der Waals surface area contributed by atoms with Crippen molar-refractivity contribution < 1.29 is 17.9 Å². The number of rotatable bonds is 4. The van der Waals surface area contributed by atoms with Gasteiger partial charge in [-0.15, -0.1) is 10.2 Å². The fourth-order valence-corrected chi connectivity index (χ4v) is 2.58. The van der Waals surface area contributed by atoms with Crippen LogP contribution in [0.25, 0.3) is 11.4 Å². The SMILES string of the molecule is C[C@H](Oc1cc(N)ccn1)c1nnc(-c2ccccc2C(F)(F)F)n1C. The molecule has 0 aliphatic heterocycles. The Balaban J connectivity index is 1.94. The molecule has 1 atom stereocenters. The van der Waals surface area contributed by atoms with E-state index in [9.17, 15) is 13.2 Å². The zero-order valence-corrected chi connectivity index (χ0v) is 14.0. The van der Waals surface area contributed by atoms with Crippen molar-refractivity contribution >= 4 is 5.69 Å². The third-order valence-corrected chi connectivity index (χ3v) is 3.80. The van der Waals surface area contributed by atoms with Gasteiger partial charge in [-0.25, -0.2) is 4.98 Å². The van der Waals surface area contributed by atoms with E-state index in [0.29, 0.717) is 11.5 Å². The van der Waals surface area contributed by atoms with Gasteiger partial charge in [0.25, 0.3) is 0 Å². The topological polar surface area (TPSA) is 78.8 Å². The zero-order chi connectivity index (χ0) is 18.9. The number of halogens is 3. The Morgan fingerprint density at radius 1 is 1.15 bits per heavy atom. The van der Waals surface area contributed by atoms with Crippen LogP contribution in [-0.4, -0.2) is 19.7 Å². The van der Waals surface area contributed by atoms with Crippen molar-refractivity contribution in [2.75, 3.05) is 5.73 Å². The molecular formula is C17H16F3N5O. The average molecular weight is 363 g/mol. The summed E-state index contributed by atoms with van der Waals surface area (Å²) < 4.78 is 46.9. The summed E-state index contributed by atoms with van der Waals surface area (Å²) in [5.41, 5.74) is 5.35. The number of alkyl halides is 3. The van der Waals surface area contributed by atoms with Crippen molar-refractivity contribution in [3.63, 3.8) is 0 Å². The van der Waals surface area contributed by atoms with Gasteiger partial charge in [-0.05, 0) is 19.1 Å². The second kappa shape index (κ2) is 6.66. The molecule has 0 unspecified atom stereocenters. The van der Waals surface area contributed by atoms with E-state index < -0.39 is 17.8 Å². The van der Waals surface area contributed by atoms with Crippen LogP contribution in [0.15, 0.2) is 42.6 Å². The maximum atomic E-state index is 13.3. The minimum Gasteiger partial charge on any atom is -0.466 e. The molecule has 0 saturated heterocycles. The smallest absolute Gasteiger partial charge is 0.417 e. The third kappa shape index (κ3) is 3.46. The summed E-state index contributed by atoms with van der Waals surface area (Å²) in [6.45, 7) is 1.70. The Bertz CT molecular complexity index is 923. The third-order valence-electron chi connectivity index (χ3n) is 3.80. The molecule has 2 N–H and O–H groups in total. The van der Waals surface area contributed by atoms with E-state index in [2.05, 4.69) is 15.2 Å². The van der Waals surface area contributed by atoms with Gasteiger partial charge in [0.2, 0.25) is 5.88 Å². The Hall–Kier alpha value is -3.10. The molecule has 0 saturated carbocycles. The van der Waals surface area contributed by atoms with Gasteiger partial charge in [0.1, 0.15) is 0 Å². The van der Waals surface area contributed by atoms with Crippen molar-refractivity contribution in [2.45, 2.75) is 19.2 Å². The van der Waals surface area contributed by atoms with Crippen LogP contribution in [-0.2, 0) is 13.2 Å². The second-order valence-electron chi connectivity index (χ2n) is 5.67. The summed E-state index contributed by atoms with van der Waals surface area (Å²) in [5, 5.41) is 7.92. The van der Waals surface area contributed by atoms with Crippen molar-refractivity contribution in [1.29, 1.82) is 0 Å². The summed E-state index contributed by atoms with van der Waals surface area (Å²) in [6, 6.07) is 8.40. The van der Waals surface area contributed by atoms with Crippen molar-refractivity contribution in [2.24, 2.45) is 7.05 Å². The lowest BCUT2D eigenvalue weighted by Gasteiger charge is -2.15. The predicted molar refractivity (Wildman–Crippen MR) is 89.1 cm³/mol. The summed E-state index contributed by atoms with van der Waals surface area (Å²) >= 11 is 0. The van der Waals surface area contributed by atoms with Crippen molar-refractivity contribution in [1.82, 2.24) is 19.7 Å². The number of pyridine rings is 1. The van der Waals surface area contributed by atoms with E-state index in [1.807, 2.05) is 0 Å².